The number of benzene rings is 3. The highest BCUT2D eigenvalue weighted by molar-refractivity contribution is 5.79. The normalized spacial score (nSPS) is 23.0. The summed E-state index contributed by atoms with van der Waals surface area (Å²) in [7, 11) is 1.40. The number of nitrogens with one attached hydrogen (secondary N) is 1. The van der Waals surface area contributed by atoms with Crippen LogP contribution in [0.2, 0.25) is 0 Å². The fourth-order valence-electron chi connectivity index (χ4n) is 5.69. The summed E-state index contributed by atoms with van der Waals surface area (Å²) in [5.74, 6) is -1.01. The van der Waals surface area contributed by atoms with Crippen LogP contribution in [0.4, 0.5) is 5.69 Å². The molecule has 6 rings (SSSR count). The van der Waals surface area contributed by atoms with Crippen molar-refractivity contribution in [2.45, 2.75) is 18.4 Å². The Balaban J connectivity index is 1.50. The Kier molecular flexibility index (Phi) is 5.45. The number of phenols is 2. The van der Waals surface area contributed by atoms with Gasteiger partial charge in [0.2, 0.25) is 12.5 Å². The number of cyclic esters (lactones) is 1. The van der Waals surface area contributed by atoms with Crippen molar-refractivity contribution in [2.75, 3.05) is 25.8 Å². The molecule has 0 radical (unpaired) electrons. The number of nitrogens with zero attached hydrogens (tertiary/aromatic N) is 1. The number of carbonyl (C=O) groups excluding carboxylic acids is 1. The third-order valence-electron chi connectivity index (χ3n) is 7.40. The molecule has 4 atom stereocenters. The van der Waals surface area contributed by atoms with E-state index in [4.69, 9.17) is 24.2 Å². The molecule has 3 aromatic rings. The van der Waals surface area contributed by atoms with Crippen molar-refractivity contribution in [1.29, 1.82) is 5.26 Å². The smallest absolute Gasteiger partial charge is 0.310 e. The van der Waals surface area contributed by atoms with E-state index in [1.807, 2.05) is 36.4 Å². The highest BCUT2D eigenvalue weighted by Crippen LogP contribution is 2.56. The zero-order valence-electron chi connectivity index (χ0n) is 19.9. The molecular weight excluding hydrogens is 476 g/mol. The maximum absolute atomic E-state index is 13.2. The molecule has 1 aliphatic carbocycles. The molecule has 3 N–H and O–H groups in total. The van der Waals surface area contributed by atoms with Gasteiger partial charge in [0.1, 0.15) is 0 Å². The Bertz CT molecular complexity index is 1430. The number of carbonyl (C=O) groups is 1. The number of esters is 1. The van der Waals surface area contributed by atoms with Crippen molar-refractivity contribution in [2.24, 2.45) is 11.8 Å². The SMILES string of the molecule is COc1cc([C@@H]2c3cc4c(cc3[C@H](Nc3ccc(CC#N)cc3)[C@H]3COC(=O)[C@H]23)OCO4)cc(O)c1O. The predicted molar refractivity (Wildman–Crippen MR) is 131 cm³/mol. The number of aromatic hydroxyl groups is 2. The van der Waals surface area contributed by atoms with Crippen LogP contribution in [0.1, 0.15) is 34.2 Å². The maximum atomic E-state index is 13.2. The minimum absolute atomic E-state index is 0.101. The lowest BCUT2D eigenvalue weighted by Gasteiger charge is -2.40. The topological polar surface area (TPSA) is 130 Å². The molecule has 1 saturated heterocycles. The van der Waals surface area contributed by atoms with Gasteiger partial charge < -0.3 is 34.5 Å². The van der Waals surface area contributed by atoms with Crippen LogP contribution in [-0.4, -0.2) is 36.7 Å². The Morgan fingerprint density at radius 1 is 1.05 bits per heavy atom. The van der Waals surface area contributed by atoms with Crippen LogP contribution in [0.5, 0.6) is 28.7 Å². The molecule has 3 aliphatic rings. The molecule has 9 heteroatoms. The first kappa shape index (κ1) is 22.9. The van der Waals surface area contributed by atoms with Crippen molar-refractivity contribution in [3.8, 4) is 34.8 Å². The summed E-state index contributed by atoms with van der Waals surface area (Å²) in [5.41, 5.74) is 4.12. The molecular formula is C28H24N2O7. The number of hydrogen-bond acceptors (Lipinski definition) is 9. The summed E-state index contributed by atoms with van der Waals surface area (Å²) in [6.07, 6.45) is 0.327. The van der Waals surface area contributed by atoms with E-state index in [1.54, 1.807) is 6.07 Å². The van der Waals surface area contributed by atoms with Gasteiger partial charge >= 0.3 is 5.97 Å². The highest BCUT2D eigenvalue weighted by atomic mass is 16.7. The average Bonchev–Trinajstić information content (AvgIpc) is 3.52. The standard InChI is InChI=1S/C28H24N2O7/c1-34-23-9-15(8-20(31)27(23)32)24-17-10-21-22(37-13-36-21)11-18(17)26(19-12-35-28(33)25(19)24)30-16-4-2-14(3-5-16)6-7-29/h2-5,8-11,19,24-26,30-32H,6,12-13H2,1H3/t19-,24+,25-,26-/m0/s1. The summed E-state index contributed by atoms with van der Waals surface area (Å²) < 4.78 is 22.2. The summed E-state index contributed by atoms with van der Waals surface area (Å²) in [4.78, 5) is 13.2. The van der Waals surface area contributed by atoms with E-state index in [1.165, 1.54) is 13.2 Å². The molecule has 3 aromatic carbocycles. The fourth-order valence-corrected chi connectivity index (χ4v) is 5.69. The van der Waals surface area contributed by atoms with Crippen molar-refractivity contribution < 1.29 is 34.0 Å². The van der Waals surface area contributed by atoms with Crippen LogP contribution >= 0.6 is 0 Å². The van der Waals surface area contributed by atoms with Gasteiger partial charge in [0.05, 0.1) is 38.2 Å². The number of hydrogen-bond donors (Lipinski definition) is 3. The van der Waals surface area contributed by atoms with E-state index < -0.39 is 11.8 Å². The van der Waals surface area contributed by atoms with E-state index in [0.29, 0.717) is 23.5 Å². The Morgan fingerprint density at radius 3 is 2.49 bits per heavy atom. The van der Waals surface area contributed by atoms with Crippen molar-refractivity contribution in [3.63, 3.8) is 0 Å². The van der Waals surface area contributed by atoms with Crippen molar-refractivity contribution in [1.82, 2.24) is 0 Å². The molecule has 0 saturated carbocycles. The van der Waals surface area contributed by atoms with Gasteiger partial charge in [0, 0.05) is 17.5 Å². The molecule has 0 amide bonds. The van der Waals surface area contributed by atoms with E-state index in [9.17, 15) is 15.0 Å². The molecule has 0 unspecified atom stereocenters. The summed E-state index contributed by atoms with van der Waals surface area (Å²) >= 11 is 0. The molecule has 37 heavy (non-hydrogen) atoms. The second-order valence-electron chi connectivity index (χ2n) is 9.38. The lowest BCUT2D eigenvalue weighted by molar-refractivity contribution is -0.141. The van der Waals surface area contributed by atoms with Crippen LogP contribution in [0.15, 0.2) is 48.5 Å². The number of rotatable bonds is 5. The minimum Gasteiger partial charge on any atom is -0.504 e. The zero-order chi connectivity index (χ0) is 25.7. The van der Waals surface area contributed by atoms with Crippen LogP contribution < -0.4 is 19.5 Å². The quantitative estimate of drug-likeness (QED) is 0.352. The first-order chi connectivity index (χ1) is 18.0. The van der Waals surface area contributed by atoms with Gasteiger partial charge in [-0.2, -0.15) is 5.26 Å². The van der Waals surface area contributed by atoms with Crippen LogP contribution in [0, 0.1) is 23.2 Å². The number of methoxy groups -OCH3 is 1. The molecule has 1 fully saturated rings. The van der Waals surface area contributed by atoms with Crippen molar-refractivity contribution >= 4 is 11.7 Å². The molecule has 188 valence electrons. The first-order valence-corrected chi connectivity index (χ1v) is 11.9. The summed E-state index contributed by atoms with van der Waals surface area (Å²) in [5, 5.41) is 33.2. The van der Waals surface area contributed by atoms with Gasteiger partial charge in [0.25, 0.3) is 0 Å². The first-order valence-electron chi connectivity index (χ1n) is 11.9. The lowest BCUT2D eigenvalue weighted by atomic mass is 9.65. The average molecular weight is 501 g/mol. The lowest BCUT2D eigenvalue weighted by Crippen LogP contribution is -2.37. The Morgan fingerprint density at radius 2 is 1.78 bits per heavy atom. The van der Waals surface area contributed by atoms with Crippen molar-refractivity contribution in [3.05, 3.63) is 70.8 Å². The third kappa shape index (κ3) is 3.73. The highest BCUT2D eigenvalue weighted by Gasteiger charge is 2.52. The van der Waals surface area contributed by atoms with Gasteiger partial charge in [-0.15, -0.1) is 0 Å². The Hall–Kier alpha value is -4.58. The van der Waals surface area contributed by atoms with Gasteiger partial charge in [-0.3, -0.25) is 4.79 Å². The Labute approximate surface area is 212 Å². The van der Waals surface area contributed by atoms with Gasteiger partial charge in [-0.25, -0.2) is 0 Å². The molecule has 9 nitrogen and oxygen atoms in total. The number of fused-ring (bicyclic) bond motifs is 3. The molecule has 2 heterocycles. The third-order valence-corrected chi connectivity index (χ3v) is 7.40. The molecule has 2 aliphatic heterocycles. The summed E-state index contributed by atoms with van der Waals surface area (Å²) in [6, 6.07) is 16.4. The molecule has 0 spiro atoms. The maximum Gasteiger partial charge on any atom is 0.310 e. The largest absolute Gasteiger partial charge is 0.504 e. The van der Waals surface area contributed by atoms with E-state index >= 15 is 0 Å². The second-order valence-corrected chi connectivity index (χ2v) is 9.38. The molecule has 0 bridgehead atoms. The van der Waals surface area contributed by atoms with Gasteiger partial charge in [-0.1, -0.05) is 12.1 Å². The molecule has 0 aromatic heterocycles. The zero-order valence-corrected chi connectivity index (χ0v) is 19.9. The summed E-state index contributed by atoms with van der Waals surface area (Å²) in [6.45, 7) is 0.323. The van der Waals surface area contributed by atoms with E-state index in [0.717, 1.165) is 22.4 Å². The number of nitriles is 1. The number of ether oxygens (including phenoxy) is 4. The number of phenolic OH excluding ortho intramolecular Hbond substituents is 2. The van der Waals surface area contributed by atoms with Crippen LogP contribution in [0.3, 0.4) is 0 Å². The van der Waals surface area contributed by atoms with E-state index in [-0.39, 0.29) is 48.6 Å². The van der Waals surface area contributed by atoms with Crippen LogP contribution in [-0.2, 0) is 16.0 Å². The second kappa shape index (κ2) is 8.82. The predicted octanol–water partition coefficient (Wildman–Crippen LogP) is 3.99. The van der Waals surface area contributed by atoms with Crippen LogP contribution in [0.25, 0.3) is 0 Å². The minimum atomic E-state index is -0.558. The van der Waals surface area contributed by atoms with Gasteiger partial charge in [0.15, 0.2) is 23.0 Å². The van der Waals surface area contributed by atoms with Gasteiger partial charge in [-0.05, 0) is 58.7 Å². The monoisotopic (exact) mass is 500 g/mol. The number of anilines is 1. The fraction of sp³-hybridized carbons (Fsp3) is 0.286. The van der Waals surface area contributed by atoms with E-state index in [2.05, 4.69) is 11.4 Å².